The average molecular weight is 371 g/mol. The molecule has 0 saturated carbocycles. The molecule has 25 heavy (non-hydrogen) atoms. The Labute approximate surface area is 146 Å². The van der Waals surface area contributed by atoms with Crippen LogP contribution in [-0.4, -0.2) is 42.1 Å². The fraction of sp³-hybridized carbons (Fsp3) is 0.375. The molecule has 1 saturated heterocycles. The Bertz CT molecular complexity index is 742. The molecule has 1 aromatic carbocycles. The second-order valence-corrected chi connectivity index (χ2v) is 6.49. The molecular formula is C16H16F3N3O2S. The fourth-order valence-corrected chi connectivity index (χ4v) is 3.22. The van der Waals surface area contributed by atoms with Crippen molar-refractivity contribution in [1.29, 1.82) is 0 Å². The van der Waals surface area contributed by atoms with E-state index in [2.05, 4.69) is 15.2 Å². The summed E-state index contributed by atoms with van der Waals surface area (Å²) in [5.41, 5.74) is -0.523. The van der Waals surface area contributed by atoms with Crippen LogP contribution in [0.5, 0.6) is 0 Å². The number of alkyl halides is 3. The van der Waals surface area contributed by atoms with Crippen LogP contribution in [0, 0.1) is 0 Å². The van der Waals surface area contributed by atoms with Crippen LogP contribution >= 0.6 is 11.3 Å². The molecule has 3 rings (SSSR count). The van der Waals surface area contributed by atoms with Gasteiger partial charge in [0.2, 0.25) is 0 Å². The highest BCUT2D eigenvalue weighted by Gasteiger charge is 2.30. The van der Waals surface area contributed by atoms with Crippen molar-refractivity contribution in [2.45, 2.75) is 12.7 Å². The molecule has 1 N–H and O–H groups in total. The van der Waals surface area contributed by atoms with Gasteiger partial charge in [0.15, 0.2) is 0 Å². The summed E-state index contributed by atoms with van der Waals surface area (Å²) >= 11 is 1.36. The largest absolute Gasteiger partial charge is 0.416 e. The van der Waals surface area contributed by atoms with Crippen LogP contribution in [0.15, 0.2) is 29.6 Å². The Morgan fingerprint density at radius 1 is 1.32 bits per heavy atom. The molecule has 5 nitrogen and oxygen atoms in total. The Balaban J connectivity index is 1.64. The number of morpholine rings is 1. The van der Waals surface area contributed by atoms with Crippen molar-refractivity contribution in [3.63, 3.8) is 0 Å². The minimum atomic E-state index is -4.45. The zero-order valence-corrected chi connectivity index (χ0v) is 14.0. The zero-order valence-electron chi connectivity index (χ0n) is 13.2. The SMILES string of the molecule is O=C(Nc1cccc(C(F)(F)F)c1)c1csc(CN2CCOCC2)n1. The maximum Gasteiger partial charge on any atom is 0.416 e. The van der Waals surface area contributed by atoms with Gasteiger partial charge in [0.1, 0.15) is 10.7 Å². The van der Waals surface area contributed by atoms with E-state index in [1.165, 1.54) is 23.5 Å². The number of thiazole rings is 1. The predicted octanol–water partition coefficient (Wildman–Crippen LogP) is 3.25. The molecule has 0 spiro atoms. The van der Waals surface area contributed by atoms with Gasteiger partial charge in [0.05, 0.1) is 25.3 Å². The fourth-order valence-electron chi connectivity index (χ4n) is 2.41. The number of hydrogen-bond donors (Lipinski definition) is 1. The first-order valence-corrected chi connectivity index (χ1v) is 8.53. The van der Waals surface area contributed by atoms with Gasteiger partial charge in [0, 0.05) is 24.2 Å². The summed E-state index contributed by atoms with van der Waals surface area (Å²) in [6.45, 7) is 3.60. The minimum absolute atomic E-state index is 0.0857. The summed E-state index contributed by atoms with van der Waals surface area (Å²) < 4.78 is 43.4. The highest BCUT2D eigenvalue weighted by molar-refractivity contribution is 7.09. The number of halogens is 3. The third-order valence-corrected chi connectivity index (χ3v) is 4.53. The molecule has 0 atom stereocenters. The first-order valence-electron chi connectivity index (χ1n) is 7.65. The zero-order chi connectivity index (χ0) is 17.9. The van der Waals surface area contributed by atoms with Crippen LogP contribution in [0.2, 0.25) is 0 Å². The lowest BCUT2D eigenvalue weighted by molar-refractivity contribution is -0.137. The summed E-state index contributed by atoms with van der Waals surface area (Å²) in [5.74, 6) is -0.524. The van der Waals surface area contributed by atoms with Gasteiger partial charge in [-0.15, -0.1) is 11.3 Å². The monoisotopic (exact) mass is 371 g/mol. The molecule has 2 aromatic rings. The molecule has 1 aliphatic rings. The molecule has 1 aromatic heterocycles. The van der Waals surface area contributed by atoms with E-state index in [1.807, 2.05) is 0 Å². The van der Waals surface area contributed by atoms with Crippen LogP contribution in [0.25, 0.3) is 0 Å². The van der Waals surface area contributed by atoms with Crippen LogP contribution < -0.4 is 5.32 Å². The quantitative estimate of drug-likeness (QED) is 0.897. The molecule has 1 amide bonds. The van der Waals surface area contributed by atoms with Gasteiger partial charge >= 0.3 is 6.18 Å². The lowest BCUT2D eigenvalue weighted by Gasteiger charge is -2.25. The van der Waals surface area contributed by atoms with Gasteiger partial charge in [-0.2, -0.15) is 13.2 Å². The van der Waals surface area contributed by atoms with E-state index in [9.17, 15) is 18.0 Å². The topological polar surface area (TPSA) is 54.5 Å². The normalized spacial score (nSPS) is 16.0. The summed E-state index contributed by atoms with van der Waals surface area (Å²) in [6, 6.07) is 4.52. The van der Waals surface area contributed by atoms with Crippen LogP contribution in [0.4, 0.5) is 18.9 Å². The maximum atomic E-state index is 12.7. The second-order valence-electron chi connectivity index (χ2n) is 5.55. The van der Waals surface area contributed by atoms with Gasteiger partial charge in [-0.05, 0) is 18.2 Å². The minimum Gasteiger partial charge on any atom is -0.379 e. The summed E-state index contributed by atoms with van der Waals surface area (Å²) in [6.07, 6.45) is -4.45. The predicted molar refractivity (Wildman–Crippen MR) is 87.6 cm³/mol. The van der Waals surface area contributed by atoms with Crippen molar-refractivity contribution in [2.75, 3.05) is 31.6 Å². The number of ether oxygens (including phenoxy) is 1. The molecule has 9 heteroatoms. The standard InChI is InChI=1S/C16H16F3N3O2S/c17-16(18,19)11-2-1-3-12(8-11)20-15(23)13-10-25-14(21-13)9-22-4-6-24-7-5-22/h1-3,8,10H,4-7,9H2,(H,20,23). The molecule has 0 bridgehead atoms. The van der Waals surface area contributed by atoms with E-state index < -0.39 is 17.6 Å². The lowest BCUT2D eigenvalue weighted by Crippen LogP contribution is -2.35. The van der Waals surface area contributed by atoms with Crippen molar-refractivity contribution >= 4 is 22.9 Å². The number of aromatic nitrogens is 1. The van der Waals surface area contributed by atoms with Crippen molar-refractivity contribution in [1.82, 2.24) is 9.88 Å². The van der Waals surface area contributed by atoms with E-state index in [1.54, 1.807) is 5.38 Å². The number of anilines is 1. The number of carbonyl (C=O) groups excluding carboxylic acids is 1. The molecule has 2 heterocycles. The summed E-state index contributed by atoms with van der Waals surface area (Å²) in [4.78, 5) is 18.6. The Morgan fingerprint density at radius 3 is 2.80 bits per heavy atom. The van der Waals surface area contributed by atoms with Crippen LogP contribution in [0.1, 0.15) is 21.1 Å². The molecular weight excluding hydrogens is 355 g/mol. The van der Waals surface area contributed by atoms with Gasteiger partial charge in [0.25, 0.3) is 5.91 Å². The third kappa shape index (κ3) is 4.77. The second kappa shape index (κ2) is 7.51. The highest BCUT2D eigenvalue weighted by atomic mass is 32.1. The molecule has 0 aliphatic carbocycles. The number of rotatable bonds is 4. The third-order valence-electron chi connectivity index (χ3n) is 3.69. The number of carbonyl (C=O) groups is 1. The first-order chi connectivity index (χ1) is 11.9. The van der Waals surface area contributed by atoms with E-state index in [-0.39, 0.29) is 11.4 Å². The van der Waals surface area contributed by atoms with E-state index in [0.717, 1.165) is 30.2 Å². The van der Waals surface area contributed by atoms with Gasteiger partial charge in [-0.25, -0.2) is 4.98 Å². The molecule has 1 aliphatic heterocycles. The van der Waals surface area contributed by atoms with Gasteiger partial charge in [-0.1, -0.05) is 6.07 Å². The number of benzene rings is 1. The average Bonchev–Trinajstić information content (AvgIpc) is 3.04. The molecule has 0 radical (unpaired) electrons. The summed E-state index contributed by atoms with van der Waals surface area (Å²) in [7, 11) is 0. The lowest BCUT2D eigenvalue weighted by atomic mass is 10.2. The number of hydrogen-bond acceptors (Lipinski definition) is 5. The molecule has 1 fully saturated rings. The Hall–Kier alpha value is -1.97. The maximum absolute atomic E-state index is 12.7. The highest BCUT2D eigenvalue weighted by Crippen LogP contribution is 2.30. The van der Waals surface area contributed by atoms with Crippen LogP contribution in [-0.2, 0) is 17.5 Å². The number of amides is 1. The number of nitrogens with one attached hydrogen (secondary N) is 1. The van der Waals surface area contributed by atoms with Gasteiger partial charge in [-0.3, -0.25) is 9.69 Å². The Morgan fingerprint density at radius 2 is 2.08 bits per heavy atom. The molecule has 134 valence electrons. The van der Waals surface area contributed by atoms with E-state index >= 15 is 0 Å². The molecule has 0 unspecified atom stereocenters. The smallest absolute Gasteiger partial charge is 0.379 e. The summed E-state index contributed by atoms with van der Waals surface area (Å²) in [5, 5.41) is 4.86. The van der Waals surface area contributed by atoms with E-state index in [0.29, 0.717) is 19.8 Å². The van der Waals surface area contributed by atoms with Crippen molar-refractivity contribution in [3.8, 4) is 0 Å². The van der Waals surface area contributed by atoms with Crippen molar-refractivity contribution < 1.29 is 22.7 Å². The number of nitrogens with zero attached hydrogens (tertiary/aromatic N) is 2. The van der Waals surface area contributed by atoms with Crippen molar-refractivity contribution in [3.05, 3.63) is 45.9 Å². The van der Waals surface area contributed by atoms with Gasteiger partial charge < -0.3 is 10.1 Å². The van der Waals surface area contributed by atoms with Crippen LogP contribution in [0.3, 0.4) is 0 Å². The Kier molecular flexibility index (Phi) is 5.36. The first kappa shape index (κ1) is 17.8. The van der Waals surface area contributed by atoms with E-state index in [4.69, 9.17) is 4.74 Å². The van der Waals surface area contributed by atoms with Crippen molar-refractivity contribution in [2.24, 2.45) is 0 Å².